The van der Waals surface area contributed by atoms with E-state index in [2.05, 4.69) is 10.8 Å². The zero-order valence-corrected chi connectivity index (χ0v) is 11.1. The number of sulfonamides is 1. The van der Waals surface area contributed by atoms with Crippen molar-refractivity contribution in [2.24, 2.45) is 0 Å². The first-order valence-corrected chi connectivity index (χ1v) is 7.45. The lowest BCUT2D eigenvalue weighted by molar-refractivity contribution is 0.485. The molecule has 0 spiro atoms. The maximum absolute atomic E-state index is 12.2. The average Bonchev–Trinajstić information content (AvgIpc) is 2.87. The Bertz CT molecular complexity index is 662. The molecule has 0 aromatic heterocycles. The number of nitriles is 2. The van der Waals surface area contributed by atoms with Crippen molar-refractivity contribution in [2.45, 2.75) is 36.1 Å². The van der Waals surface area contributed by atoms with E-state index in [1.54, 1.807) is 0 Å². The summed E-state index contributed by atoms with van der Waals surface area (Å²) >= 11 is 0. The Morgan fingerprint density at radius 1 is 1.21 bits per heavy atom. The summed E-state index contributed by atoms with van der Waals surface area (Å²) in [6.45, 7) is 0. The highest BCUT2D eigenvalue weighted by Crippen LogP contribution is 2.30. The van der Waals surface area contributed by atoms with Gasteiger partial charge in [0.05, 0.1) is 22.6 Å². The molecule has 0 aliphatic heterocycles. The zero-order valence-electron chi connectivity index (χ0n) is 10.3. The monoisotopic (exact) mass is 275 g/mol. The third kappa shape index (κ3) is 2.76. The molecule has 1 fully saturated rings. The van der Waals surface area contributed by atoms with E-state index >= 15 is 0 Å². The fourth-order valence-electron chi connectivity index (χ4n) is 2.26. The van der Waals surface area contributed by atoms with Crippen LogP contribution in [-0.2, 0) is 10.0 Å². The van der Waals surface area contributed by atoms with E-state index in [1.807, 2.05) is 6.07 Å². The highest BCUT2D eigenvalue weighted by atomic mass is 32.2. The molecule has 2 rings (SSSR count). The molecule has 0 saturated heterocycles. The van der Waals surface area contributed by atoms with Crippen molar-refractivity contribution in [3.05, 3.63) is 29.8 Å². The number of nitrogens with one attached hydrogen (secondary N) is 1. The summed E-state index contributed by atoms with van der Waals surface area (Å²) < 4.78 is 27.0. The molecule has 6 heteroatoms. The van der Waals surface area contributed by atoms with Crippen LogP contribution in [0.15, 0.2) is 29.2 Å². The molecule has 0 bridgehead atoms. The van der Waals surface area contributed by atoms with Crippen LogP contribution in [0.5, 0.6) is 0 Å². The van der Waals surface area contributed by atoms with Crippen molar-refractivity contribution in [1.82, 2.24) is 4.72 Å². The van der Waals surface area contributed by atoms with Crippen LogP contribution in [0.25, 0.3) is 0 Å². The summed E-state index contributed by atoms with van der Waals surface area (Å²) in [5.41, 5.74) is -0.720. The van der Waals surface area contributed by atoms with E-state index < -0.39 is 15.6 Å². The van der Waals surface area contributed by atoms with Gasteiger partial charge in [0, 0.05) is 0 Å². The van der Waals surface area contributed by atoms with Gasteiger partial charge in [-0.25, -0.2) is 8.42 Å². The van der Waals surface area contributed by atoms with Gasteiger partial charge in [-0.3, -0.25) is 0 Å². The molecule has 0 radical (unpaired) electrons. The van der Waals surface area contributed by atoms with Crippen molar-refractivity contribution >= 4 is 10.0 Å². The molecule has 0 amide bonds. The van der Waals surface area contributed by atoms with Gasteiger partial charge in [-0.1, -0.05) is 18.9 Å². The number of benzene rings is 1. The summed E-state index contributed by atoms with van der Waals surface area (Å²) in [6, 6.07) is 9.75. The standard InChI is InChI=1S/C13H13N3O2S/c14-9-11-4-3-5-12(8-11)19(17,18)16-13(10-15)6-1-2-7-13/h3-5,8,16H,1-2,6-7H2. The fraction of sp³-hybridized carbons (Fsp3) is 0.385. The van der Waals surface area contributed by atoms with E-state index in [4.69, 9.17) is 5.26 Å². The van der Waals surface area contributed by atoms with E-state index in [1.165, 1.54) is 24.3 Å². The Kier molecular flexibility index (Phi) is 3.57. The maximum atomic E-state index is 12.2. The molecule has 0 heterocycles. The number of hydrogen-bond donors (Lipinski definition) is 1. The molecular weight excluding hydrogens is 262 g/mol. The van der Waals surface area contributed by atoms with Gasteiger partial charge >= 0.3 is 0 Å². The van der Waals surface area contributed by atoms with Gasteiger partial charge in [0.2, 0.25) is 10.0 Å². The summed E-state index contributed by atoms with van der Waals surface area (Å²) in [7, 11) is -3.77. The molecule has 0 atom stereocenters. The van der Waals surface area contributed by atoms with Gasteiger partial charge in [0.15, 0.2) is 0 Å². The highest BCUT2D eigenvalue weighted by molar-refractivity contribution is 7.89. The van der Waals surface area contributed by atoms with Gasteiger partial charge < -0.3 is 0 Å². The maximum Gasteiger partial charge on any atom is 0.241 e. The minimum absolute atomic E-state index is 0.0214. The largest absolute Gasteiger partial charge is 0.241 e. The molecule has 1 aromatic carbocycles. The van der Waals surface area contributed by atoms with Gasteiger partial charge in [-0.2, -0.15) is 15.2 Å². The first kappa shape index (κ1) is 13.5. The minimum atomic E-state index is -3.77. The molecule has 98 valence electrons. The Labute approximate surface area is 112 Å². The second kappa shape index (κ2) is 5.00. The second-order valence-electron chi connectivity index (χ2n) is 4.65. The second-order valence-corrected chi connectivity index (χ2v) is 6.33. The van der Waals surface area contributed by atoms with Crippen LogP contribution < -0.4 is 4.72 Å². The molecule has 5 nitrogen and oxygen atoms in total. The summed E-state index contributed by atoms with van der Waals surface area (Å²) in [5.74, 6) is 0. The first-order chi connectivity index (χ1) is 9.01. The molecule has 1 aliphatic carbocycles. The Morgan fingerprint density at radius 3 is 2.47 bits per heavy atom. The molecule has 1 aliphatic rings. The lowest BCUT2D eigenvalue weighted by atomic mass is 10.0. The smallest absolute Gasteiger partial charge is 0.207 e. The Hall–Kier alpha value is -1.89. The SMILES string of the molecule is N#Cc1cccc(S(=O)(=O)NC2(C#N)CCCC2)c1. The van der Waals surface area contributed by atoms with Gasteiger partial charge in [0.1, 0.15) is 5.54 Å². The van der Waals surface area contributed by atoms with E-state index in [0.29, 0.717) is 12.8 Å². The lowest BCUT2D eigenvalue weighted by Crippen LogP contribution is -2.44. The number of hydrogen-bond acceptors (Lipinski definition) is 4. The predicted octanol–water partition coefficient (Wildman–Crippen LogP) is 1.67. The quantitative estimate of drug-likeness (QED) is 0.907. The first-order valence-electron chi connectivity index (χ1n) is 5.97. The molecule has 1 aromatic rings. The van der Waals surface area contributed by atoms with Crippen molar-refractivity contribution in [2.75, 3.05) is 0 Å². The van der Waals surface area contributed by atoms with Gasteiger partial charge in [-0.05, 0) is 31.0 Å². The Balaban J connectivity index is 2.33. The van der Waals surface area contributed by atoms with Crippen LogP contribution in [0.3, 0.4) is 0 Å². The normalized spacial score (nSPS) is 17.6. The van der Waals surface area contributed by atoms with Gasteiger partial charge in [0.25, 0.3) is 0 Å². The molecule has 1 N–H and O–H groups in total. The third-order valence-corrected chi connectivity index (χ3v) is 4.81. The third-order valence-electron chi connectivity index (χ3n) is 3.27. The van der Waals surface area contributed by atoms with Crippen LogP contribution in [0.2, 0.25) is 0 Å². The van der Waals surface area contributed by atoms with Crippen molar-refractivity contribution in [3.8, 4) is 12.1 Å². The number of nitrogens with zero attached hydrogens (tertiary/aromatic N) is 2. The fourth-order valence-corrected chi connectivity index (χ4v) is 3.69. The van der Waals surface area contributed by atoms with E-state index in [0.717, 1.165) is 12.8 Å². The van der Waals surface area contributed by atoms with E-state index in [-0.39, 0.29) is 10.5 Å². The van der Waals surface area contributed by atoms with Crippen LogP contribution in [0.4, 0.5) is 0 Å². The summed E-state index contributed by atoms with van der Waals surface area (Å²) in [4.78, 5) is 0.0214. The van der Waals surface area contributed by atoms with Crippen molar-refractivity contribution in [3.63, 3.8) is 0 Å². The molecule has 19 heavy (non-hydrogen) atoms. The van der Waals surface area contributed by atoms with Crippen LogP contribution in [0.1, 0.15) is 31.2 Å². The van der Waals surface area contributed by atoms with Crippen LogP contribution in [-0.4, -0.2) is 14.0 Å². The predicted molar refractivity (Wildman–Crippen MR) is 68.3 cm³/mol. The zero-order chi connectivity index (χ0) is 13.9. The number of rotatable bonds is 3. The molecule has 1 saturated carbocycles. The van der Waals surface area contributed by atoms with Crippen molar-refractivity contribution in [1.29, 1.82) is 10.5 Å². The highest BCUT2D eigenvalue weighted by Gasteiger charge is 2.38. The topological polar surface area (TPSA) is 93.8 Å². The van der Waals surface area contributed by atoms with Crippen LogP contribution >= 0.6 is 0 Å². The summed E-state index contributed by atoms with van der Waals surface area (Å²) in [6.07, 6.45) is 2.74. The summed E-state index contributed by atoms with van der Waals surface area (Å²) in [5, 5.41) is 18.0. The average molecular weight is 275 g/mol. The minimum Gasteiger partial charge on any atom is -0.207 e. The lowest BCUT2D eigenvalue weighted by Gasteiger charge is -2.21. The molecular formula is C13H13N3O2S. The Morgan fingerprint density at radius 2 is 1.89 bits per heavy atom. The molecule has 0 unspecified atom stereocenters. The van der Waals surface area contributed by atoms with Gasteiger partial charge in [-0.15, -0.1) is 0 Å². The van der Waals surface area contributed by atoms with Crippen LogP contribution in [0, 0.1) is 22.7 Å². The van der Waals surface area contributed by atoms with Crippen molar-refractivity contribution < 1.29 is 8.42 Å². The van der Waals surface area contributed by atoms with E-state index in [9.17, 15) is 13.7 Å².